The van der Waals surface area contributed by atoms with E-state index in [0.717, 1.165) is 68.1 Å². The number of nitrogens with one attached hydrogen (secondary N) is 1. The Labute approximate surface area is 166 Å². The molecule has 2 heterocycles. The van der Waals surface area contributed by atoms with Gasteiger partial charge in [0, 0.05) is 44.3 Å². The molecule has 150 valence electrons. The quantitative estimate of drug-likeness (QED) is 0.875. The molecule has 0 atom stereocenters. The van der Waals surface area contributed by atoms with Gasteiger partial charge in [0.2, 0.25) is 5.89 Å². The molecule has 1 N–H and O–H groups in total. The number of piperazine rings is 1. The third-order valence-corrected chi connectivity index (χ3v) is 5.98. The Hall–Kier alpha value is -2.34. The fourth-order valence-corrected chi connectivity index (χ4v) is 4.16. The van der Waals surface area contributed by atoms with E-state index in [9.17, 15) is 4.79 Å². The highest BCUT2D eigenvalue weighted by Crippen LogP contribution is 2.25. The maximum absolute atomic E-state index is 12.4. The molecule has 4 rings (SSSR count). The van der Waals surface area contributed by atoms with Gasteiger partial charge in [-0.1, -0.05) is 31.0 Å². The zero-order valence-corrected chi connectivity index (χ0v) is 16.9. The molecular formula is C22H30N4O2. The zero-order valence-electron chi connectivity index (χ0n) is 16.9. The Morgan fingerprint density at radius 3 is 2.57 bits per heavy atom. The number of carbonyl (C=O) groups excluding carboxylic acids is 1. The normalized spacial score (nSPS) is 18.6. The molecule has 1 aromatic heterocycles. The molecule has 2 aromatic rings. The molecular weight excluding hydrogens is 352 g/mol. The Morgan fingerprint density at radius 1 is 1.14 bits per heavy atom. The lowest BCUT2D eigenvalue weighted by molar-refractivity contribution is 0.132. The highest BCUT2D eigenvalue weighted by atomic mass is 16.4. The summed E-state index contributed by atoms with van der Waals surface area (Å²) in [5, 5.41) is 3.19. The number of aryl methyl sites for hydroxylation is 2. The molecule has 0 bridgehead atoms. The monoisotopic (exact) mass is 382 g/mol. The van der Waals surface area contributed by atoms with Crippen molar-refractivity contribution in [2.24, 2.45) is 0 Å². The van der Waals surface area contributed by atoms with Crippen LogP contribution in [0.5, 0.6) is 0 Å². The summed E-state index contributed by atoms with van der Waals surface area (Å²) in [6.45, 7) is 8.08. The molecule has 1 saturated heterocycles. The van der Waals surface area contributed by atoms with Crippen LogP contribution in [0.25, 0.3) is 11.5 Å². The minimum absolute atomic E-state index is 0.103. The largest absolute Gasteiger partial charge is 0.441 e. The van der Waals surface area contributed by atoms with Gasteiger partial charge in [0.25, 0.3) is 0 Å². The summed E-state index contributed by atoms with van der Waals surface area (Å²) in [5.41, 5.74) is 3.20. The van der Waals surface area contributed by atoms with Crippen molar-refractivity contribution in [2.75, 3.05) is 26.2 Å². The lowest BCUT2D eigenvalue weighted by atomic mass is 10.1. The highest BCUT2D eigenvalue weighted by Gasteiger charge is 2.25. The van der Waals surface area contributed by atoms with Crippen molar-refractivity contribution >= 4 is 6.03 Å². The van der Waals surface area contributed by atoms with Gasteiger partial charge in [-0.15, -0.1) is 0 Å². The molecule has 0 unspecified atom stereocenters. The van der Waals surface area contributed by atoms with E-state index in [0.29, 0.717) is 11.9 Å². The fourth-order valence-electron chi connectivity index (χ4n) is 4.16. The topological polar surface area (TPSA) is 61.6 Å². The van der Waals surface area contributed by atoms with Gasteiger partial charge in [0.1, 0.15) is 5.76 Å². The summed E-state index contributed by atoms with van der Waals surface area (Å²) in [5.74, 6) is 1.57. The van der Waals surface area contributed by atoms with Gasteiger partial charge in [-0.2, -0.15) is 0 Å². The summed E-state index contributed by atoms with van der Waals surface area (Å²) >= 11 is 0. The van der Waals surface area contributed by atoms with Gasteiger partial charge < -0.3 is 14.6 Å². The van der Waals surface area contributed by atoms with Crippen molar-refractivity contribution in [3.63, 3.8) is 0 Å². The molecule has 0 spiro atoms. The Bertz CT molecular complexity index is 818. The number of amides is 2. The van der Waals surface area contributed by atoms with Gasteiger partial charge in [0.05, 0.1) is 5.69 Å². The van der Waals surface area contributed by atoms with E-state index in [-0.39, 0.29) is 6.03 Å². The van der Waals surface area contributed by atoms with Crippen molar-refractivity contribution in [2.45, 2.75) is 52.1 Å². The van der Waals surface area contributed by atoms with Crippen LogP contribution in [-0.2, 0) is 6.54 Å². The van der Waals surface area contributed by atoms with Crippen LogP contribution >= 0.6 is 0 Å². The van der Waals surface area contributed by atoms with Crippen molar-refractivity contribution in [1.29, 1.82) is 0 Å². The van der Waals surface area contributed by atoms with E-state index >= 15 is 0 Å². The fraction of sp³-hybridized carbons (Fsp3) is 0.545. The first-order valence-corrected chi connectivity index (χ1v) is 10.4. The number of rotatable bonds is 4. The smallest absolute Gasteiger partial charge is 0.317 e. The molecule has 28 heavy (non-hydrogen) atoms. The SMILES string of the molecule is Cc1ccccc1-c1nc(CN2CCN(C(=O)NC3CCCC3)CC2)c(C)o1. The molecule has 1 aromatic carbocycles. The maximum atomic E-state index is 12.4. The minimum Gasteiger partial charge on any atom is -0.441 e. The van der Waals surface area contributed by atoms with Gasteiger partial charge in [-0.3, -0.25) is 4.90 Å². The Balaban J connectivity index is 1.32. The number of benzene rings is 1. The molecule has 2 aliphatic rings. The van der Waals surface area contributed by atoms with E-state index in [1.54, 1.807) is 0 Å². The van der Waals surface area contributed by atoms with E-state index in [1.807, 2.05) is 30.0 Å². The van der Waals surface area contributed by atoms with E-state index in [2.05, 4.69) is 23.2 Å². The van der Waals surface area contributed by atoms with Crippen LogP contribution in [0.4, 0.5) is 4.79 Å². The van der Waals surface area contributed by atoms with Crippen molar-refractivity contribution in [3.8, 4) is 11.5 Å². The maximum Gasteiger partial charge on any atom is 0.317 e. The number of nitrogens with zero attached hydrogens (tertiary/aromatic N) is 3. The highest BCUT2D eigenvalue weighted by molar-refractivity contribution is 5.74. The summed E-state index contributed by atoms with van der Waals surface area (Å²) in [7, 11) is 0. The van der Waals surface area contributed by atoms with Crippen molar-refractivity contribution in [1.82, 2.24) is 20.1 Å². The van der Waals surface area contributed by atoms with Gasteiger partial charge in [0.15, 0.2) is 0 Å². The van der Waals surface area contributed by atoms with Gasteiger partial charge in [-0.25, -0.2) is 9.78 Å². The summed E-state index contributed by atoms with van der Waals surface area (Å²) in [4.78, 5) is 21.5. The number of urea groups is 1. The van der Waals surface area contributed by atoms with Crippen LogP contribution in [0.3, 0.4) is 0 Å². The van der Waals surface area contributed by atoms with Crippen LogP contribution in [0.2, 0.25) is 0 Å². The number of hydrogen-bond donors (Lipinski definition) is 1. The third kappa shape index (κ3) is 4.22. The van der Waals surface area contributed by atoms with E-state index < -0.39 is 0 Å². The number of hydrogen-bond acceptors (Lipinski definition) is 4. The first-order chi connectivity index (χ1) is 13.6. The summed E-state index contributed by atoms with van der Waals surface area (Å²) in [6, 6.07) is 8.64. The van der Waals surface area contributed by atoms with Crippen LogP contribution in [0.15, 0.2) is 28.7 Å². The lowest BCUT2D eigenvalue weighted by Gasteiger charge is -2.35. The van der Waals surface area contributed by atoms with Gasteiger partial charge in [-0.05, 0) is 38.3 Å². The second kappa shape index (κ2) is 8.35. The second-order valence-electron chi connectivity index (χ2n) is 8.03. The molecule has 1 saturated carbocycles. The average molecular weight is 383 g/mol. The molecule has 6 heteroatoms. The molecule has 1 aliphatic heterocycles. The molecule has 1 aliphatic carbocycles. The molecule has 0 radical (unpaired) electrons. The lowest BCUT2D eigenvalue weighted by Crippen LogP contribution is -2.52. The Kier molecular flexibility index (Phi) is 5.67. The third-order valence-electron chi connectivity index (χ3n) is 5.98. The predicted molar refractivity (Wildman–Crippen MR) is 109 cm³/mol. The minimum atomic E-state index is 0.103. The molecule has 2 amide bonds. The zero-order chi connectivity index (χ0) is 19.5. The summed E-state index contributed by atoms with van der Waals surface area (Å²) in [6.07, 6.45) is 4.72. The second-order valence-corrected chi connectivity index (χ2v) is 8.03. The average Bonchev–Trinajstić information content (AvgIpc) is 3.33. The Morgan fingerprint density at radius 2 is 1.86 bits per heavy atom. The van der Waals surface area contributed by atoms with Crippen LogP contribution in [0.1, 0.15) is 42.7 Å². The number of carbonyl (C=O) groups is 1. The van der Waals surface area contributed by atoms with Crippen LogP contribution in [0, 0.1) is 13.8 Å². The van der Waals surface area contributed by atoms with Crippen LogP contribution in [-0.4, -0.2) is 53.0 Å². The van der Waals surface area contributed by atoms with Crippen molar-refractivity contribution in [3.05, 3.63) is 41.3 Å². The molecule has 2 fully saturated rings. The predicted octanol–water partition coefficient (Wildman–Crippen LogP) is 3.73. The van der Waals surface area contributed by atoms with E-state index in [1.165, 1.54) is 12.8 Å². The van der Waals surface area contributed by atoms with Gasteiger partial charge >= 0.3 is 6.03 Å². The standard InChI is InChI=1S/C22H30N4O2/c1-16-7-3-6-10-19(16)21-24-20(17(2)28-21)15-25-11-13-26(14-12-25)22(27)23-18-8-4-5-9-18/h3,6-7,10,18H,4-5,8-9,11-15H2,1-2H3,(H,23,27). The summed E-state index contributed by atoms with van der Waals surface area (Å²) < 4.78 is 5.94. The first kappa shape index (κ1) is 19.0. The molecule has 6 nitrogen and oxygen atoms in total. The van der Waals surface area contributed by atoms with Crippen molar-refractivity contribution < 1.29 is 9.21 Å². The number of aromatic nitrogens is 1. The first-order valence-electron chi connectivity index (χ1n) is 10.4. The van der Waals surface area contributed by atoms with Crippen LogP contribution < -0.4 is 5.32 Å². The van der Waals surface area contributed by atoms with E-state index in [4.69, 9.17) is 9.40 Å². The number of oxazole rings is 1.